The Morgan fingerprint density at radius 2 is 1.05 bits per heavy atom. The Labute approximate surface area is 232 Å². The summed E-state index contributed by atoms with van der Waals surface area (Å²) < 4.78 is 66.7. The normalized spacial score (nSPS) is 26.4. The molecule has 0 N–H and O–H groups in total. The second-order valence-corrected chi connectivity index (χ2v) is 16.1. The van der Waals surface area contributed by atoms with E-state index in [4.69, 9.17) is 9.47 Å². The lowest BCUT2D eigenvalue weighted by Gasteiger charge is -2.34. The van der Waals surface area contributed by atoms with Crippen molar-refractivity contribution in [3.05, 3.63) is 46.2 Å². The van der Waals surface area contributed by atoms with Crippen LogP contribution in [-0.2, 0) is 34.3 Å². The number of thiophene rings is 2. The van der Waals surface area contributed by atoms with E-state index in [1.807, 2.05) is 27.7 Å². The molecule has 4 heterocycles. The van der Waals surface area contributed by atoms with Gasteiger partial charge < -0.3 is 9.47 Å². The topological polar surface area (TPSA) is 110 Å². The molecule has 0 bridgehead atoms. The standard InChI is InChI=1S/C25H32N2O7S4/c1-17-13-26(14-18(2)33-17)37(29,30)24-11-9-22(35-24)7-5-21(28)6-8-23-10-12-25(36-23)38(31,32)27-15-19(3)34-20(4)16-27/h5-12,17-20H,13-16H2,1-4H3/b7-5+,8-6+/t17-,18-,19-,20+/m0/s1. The number of sulfonamides is 2. The van der Waals surface area contributed by atoms with Crippen molar-refractivity contribution in [2.45, 2.75) is 60.5 Å². The first-order chi connectivity index (χ1) is 17.8. The van der Waals surface area contributed by atoms with E-state index >= 15 is 0 Å². The van der Waals surface area contributed by atoms with Gasteiger partial charge in [-0.25, -0.2) is 16.8 Å². The number of morpholine rings is 2. The van der Waals surface area contributed by atoms with E-state index in [1.54, 1.807) is 36.4 Å². The monoisotopic (exact) mass is 600 g/mol. The molecule has 0 spiro atoms. The quantitative estimate of drug-likeness (QED) is 0.425. The summed E-state index contributed by atoms with van der Waals surface area (Å²) in [6.07, 6.45) is 5.16. The van der Waals surface area contributed by atoms with Gasteiger partial charge in [0.15, 0.2) is 5.78 Å². The van der Waals surface area contributed by atoms with E-state index in [9.17, 15) is 21.6 Å². The number of nitrogens with zero attached hydrogens (tertiary/aromatic N) is 2. The maximum absolute atomic E-state index is 13.0. The van der Waals surface area contributed by atoms with Crippen molar-refractivity contribution in [2.24, 2.45) is 0 Å². The first-order valence-corrected chi connectivity index (χ1v) is 16.8. The van der Waals surface area contributed by atoms with Gasteiger partial charge in [-0.1, -0.05) is 0 Å². The molecule has 38 heavy (non-hydrogen) atoms. The molecular weight excluding hydrogens is 569 g/mol. The third-order valence-electron chi connectivity index (χ3n) is 5.99. The fourth-order valence-electron chi connectivity index (χ4n) is 4.42. The lowest BCUT2D eigenvalue weighted by Crippen LogP contribution is -2.47. The largest absolute Gasteiger partial charge is 0.373 e. The molecule has 0 aliphatic carbocycles. The van der Waals surface area contributed by atoms with Gasteiger partial charge >= 0.3 is 0 Å². The number of carbonyl (C=O) groups is 1. The van der Waals surface area contributed by atoms with Gasteiger partial charge in [0, 0.05) is 35.9 Å². The molecule has 4 rings (SSSR count). The van der Waals surface area contributed by atoms with Gasteiger partial charge in [0.1, 0.15) is 8.42 Å². The molecule has 13 heteroatoms. The van der Waals surface area contributed by atoms with Crippen LogP contribution < -0.4 is 0 Å². The lowest BCUT2D eigenvalue weighted by atomic mass is 10.3. The fourth-order valence-corrected chi connectivity index (χ4v) is 10.4. The van der Waals surface area contributed by atoms with E-state index in [-0.39, 0.29) is 38.6 Å². The van der Waals surface area contributed by atoms with Crippen molar-refractivity contribution >= 4 is 60.7 Å². The zero-order valence-electron chi connectivity index (χ0n) is 21.6. The Hall–Kier alpha value is -1.71. The van der Waals surface area contributed by atoms with Crippen LogP contribution >= 0.6 is 22.7 Å². The van der Waals surface area contributed by atoms with E-state index in [2.05, 4.69) is 0 Å². The highest BCUT2D eigenvalue weighted by molar-refractivity contribution is 7.91. The van der Waals surface area contributed by atoms with Gasteiger partial charge in [-0.15, -0.1) is 22.7 Å². The Balaban J connectivity index is 1.38. The summed E-state index contributed by atoms with van der Waals surface area (Å²) in [5.74, 6) is -0.299. The number of hydrogen-bond donors (Lipinski definition) is 0. The van der Waals surface area contributed by atoms with Crippen LogP contribution in [0, 0.1) is 0 Å². The molecule has 0 amide bonds. The van der Waals surface area contributed by atoms with E-state index in [1.165, 1.54) is 20.8 Å². The van der Waals surface area contributed by atoms with Crippen molar-refractivity contribution in [3.8, 4) is 0 Å². The Kier molecular flexibility index (Phi) is 9.09. The summed E-state index contributed by atoms with van der Waals surface area (Å²) in [6.45, 7) is 8.60. The highest BCUT2D eigenvalue weighted by atomic mass is 32.3. The molecule has 0 saturated carbocycles. The number of ether oxygens (including phenoxy) is 2. The van der Waals surface area contributed by atoms with Crippen molar-refractivity contribution < 1.29 is 31.1 Å². The molecule has 2 aromatic rings. The average Bonchev–Trinajstić information content (AvgIpc) is 3.51. The molecule has 208 valence electrons. The Morgan fingerprint density at radius 1 is 0.711 bits per heavy atom. The second kappa shape index (κ2) is 11.8. The van der Waals surface area contributed by atoms with Crippen LogP contribution in [0.3, 0.4) is 0 Å². The molecule has 9 nitrogen and oxygen atoms in total. The fraction of sp³-hybridized carbons (Fsp3) is 0.480. The minimum absolute atomic E-state index is 0.177. The van der Waals surface area contributed by atoms with Crippen LogP contribution in [0.25, 0.3) is 12.2 Å². The van der Waals surface area contributed by atoms with Crippen LogP contribution in [0.5, 0.6) is 0 Å². The summed E-state index contributed by atoms with van der Waals surface area (Å²) in [6, 6.07) is 6.44. The lowest BCUT2D eigenvalue weighted by molar-refractivity contribution is -0.110. The molecule has 0 radical (unpaired) electrons. The van der Waals surface area contributed by atoms with Crippen molar-refractivity contribution in [1.29, 1.82) is 0 Å². The average molecular weight is 601 g/mol. The van der Waals surface area contributed by atoms with Gasteiger partial charge in [0.25, 0.3) is 20.0 Å². The third kappa shape index (κ3) is 6.89. The smallest absolute Gasteiger partial charge is 0.252 e. The predicted octanol–water partition coefficient (Wildman–Crippen LogP) is 3.70. The van der Waals surface area contributed by atoms with E-state index in [0.717, 1.165) is 22.7 Å². The highest BCUT2D eigenvalue weighted by Gasteiger charge is 2.34. The summed E-state index contributed by atoms with van der Waals surface area (Å²) in [4.78, 5) is 13.7. The number of hydrogen-bond acceptors (Lipinski definition) is 9. The van der Waals surface area contributed by atoms with Gasteiger partial charge in [0.05, 0.1) is 24.4 Å². The maximum Gasteiger partial charge on any atom is 0.252 e. The third-order valence-corrected chi connectivity index (χ3v) is 12.7. The van der Waals surface area contributed by atoms with Crippen molar-refractivity contribution in [1.82, 2.24) is 8.61 Å². The molecular formula is C25H32N2O7S4. The Morgan fingerprint density at radius 3 is 1.39 bits per heavy atom. The van der Waals surface area contributed by atoms with E-state index in [0.29, 0.717) is 35.9 Å². The van der Waals surface area contributed by atoms with Gasteiger partial charge in [-0.2, -0.15) is 8.61 Å². The number of rotatable bonds is 8. The maximum atomic E-state index is 13.0. The first-order valence-electron chi connectivity index (χ1n) is 12.3. The predicted molar refractivity (Wildman–Crippen MR) is 149 cm³/mol. The molecule has 4 atom stereocenters. The zero-order valence-corrected chi connectivity index (χ0v) is 24.9. The summed E-state index contributed by atoms with van der Waals surface area (Å²) in [7, 11) is -7.27. The minimum Gasteiger partial charge on any atom is -0.373 e. The molecule has 2 fully saturated rings. The molecule has 0 unspecified atom stereocenters. The van der Waals surface area contributed by atoms with Crippen LogP contribution in [0.1, 0.15) is 37.4 Å². The summed E-state index contributed by atoms with van der Waals surface area (Å²) in [5.41, 5.74) is 0. The van der Waals surface area contributed by atoms with Crippen LogP contribution in [-0.4, -0.2) is 81.8 Å². The van der Waals surface area contributed by atoms with Crippen molar-refractivity contribution in [2.75, 3.05) is 26.2 Å². The van der Waals surface area contributed by atoms with Crippen molar-refractivity contribution in [3.63, 3.8) is 0 Å². The van der Waals surface area contributed by atoms with Crippen LogP contribution in [0.4, 0.5) is 0 Å². The Bertz CT molecular complexity index is 1300. The first kappa shape index (κ1) is 29.3. The van der Waals surface area contributed by atoms with Gasteiger partial charge in [-0.3, -0.25) is 4.79 Å². The second-order valence-electron chi connectivity index (χ2n) is 9.54. The summed E-state index contributed by atoms with van der Waals surface area (Å²) >= 11 is 2.20. The molecule has 0 aromatic carbocycles. The van der Waals surface area contributed by atoms with E-state index < -0.39 is 20.0 Å². The van der Waals surface area contributed by atoms with Crippen LogP contribution in [0.15, 0.2) is 44.8 Å². The molecule has 2 saturated heterocycles. The zero-order chi connectivity index (χ0) is 27.7. The molecule has 2 aliphatic rings. The SMILES string of the molecule is C[C@@H]1CN(S(=O)(=O)c2ccc(/C=C/C(=O)/C=C/c3ccc(S(=O)(=O)N4C[C@H](C)O[C@@H](C)C4)s3)s2)C[C@H](C)O1. The number of allylic oxidation sites excluding steroid dienone is 2. The number of carbonyl (C=O) groups excluding carboxylic acids is 1. The highest BCUT2D eigenvalue weighted by Crippen LogP contribution is 2.29. The molecule has 2 aromatic heterocycles. The molecule has 2 aliphatic heterocycles. The number of ketones is 1. The summed E-state index contributed by atoms with van der Waals surface area (Å²) in [5, 5.41) is 0. The van der Waals surface area contributed by atoms with Gasteiger partial charge in [0.2, 0.25) is 0 Å². The van der Waals surface area contributed by atoms with Crippen LogP contribution in [0.2, 0.25) is 0 Å². The minimum atomic E-state index is -3.64. The van der Waals surface area contributed by atoms with Gasteiger partial charge in [-0.05, 0) is 76.3 Å².